The smallest absolute Gasteiger partial charge is 0.341 e. The monoisotopic (exact) mass is 210 g/mol. The normalized spacial score (nSPS) is 10.3. The summed E-state index contributed by atoms with van der Waals surface area (Å²) in [7, 11) is 3.85. The third-order valence-corrected chi connectivity index (χ3v) is 1.81. The predicted octanol–water partition coefficient (Wildman–Crippen LogP) is 0.720. The molecule has 1 rings (SSSR count). The summed E-state index contributed by atoms with van der Waals surface area (Å²) in [5.74, 6) is -0.665. The van der Waals surface area contributed by atoms with Crippen LogP contribution in [0, 0.1) is 0 Å². The first-order chi connectivity index (χ1) is 7.11. The zero-order valence-corrected chi connectivity index (χ0v) is 8.80. The van der Waals surface area contributed by atoms with Crippen molar-refractivity contribution in [3.8, 4) is 5.75 Å². The summed E-state index contributed by atoms with van der Waals surface area (Å²) in [4.78, 5) is 16.5. The number of carboxylic acids is 1. The van der Waals surface area contributed by atoms with Crippen LogP contribution in [0.2, 0.25) is 0 Å². The summed E-state index contributed by atoms with van der Waals surface area (Å²) >= 11 is 0. The van der Waals surface area contributed by atoms with Gasteiger partial charge in [-0.2, -0.15) is 0 Å². The number of rotatable bonds is 5. The largest absolute Gasteiger partial charge is 0.491 e. The number of hydrogen-bond donors (Lipinski definition) is 1. The number of nitrogens with zero attached hydrogens (tertiary/aromatic N) is 2. The number of pyridine rings is 1. The molecule has 5 heteroatoms. The number of hydrogen-bond acceptors (Lipinski definition) is 4. The van der Waals surface area contributed by atoms with Crippen LogP contribution in [-0.4, -0.2) is 48.2 Å². The summed E-state index contributed by atoms with van der Waals surface area (Å²) in [6.45, 7) is 1.19. The maximum atomic E-state index is 10.8. The molecule has 82 valence electrons. The Hall–Kier alpha value is -1.62. The van der Waals surface area contributed by atoms with Crippen LogP contribution in [-0.2, 0) is 0 Å². The highest BCUT2D eigenvalue weighted by molar-refractivity contribution is 5.90. The van der Waals surface area contributed by atoms with Gasteiger partial charge in [-0.25, -0.2) is 4.79 Å². The van der Waals surface area contributed by atoms with Gasteiger partial charge in [-0.3, -0.25) is 4.98 Å². The average molecular weight is 210 g/mol. The second-order valence-corrected chi connectivity index (χ2v) is 3.33. The highest BCUT2D eigenvalue weighted by atomic mass is 16.5. The van der Waals surface area contributed by atoms with Crippen molar-refractivity contribution in [3.63, 3.8) is 0 Å². The van der Waals surface area contributed by atoms with Crippen molar-refractivity contribution in [3.05, 3.63) is 24.0 Å². The fourth-order valence-corrected chi connectivity index (χ4v) is 1.01. The first-order valence-corrected chi connectivity index (χ1v) is 4.56. The van der Waals surface area contributed by atoms with Crippen molar-refractivity contribution in [2.45, 2.75) is 0 Å². The molecule has 0 aliphatic rings. The Bertz CT molecular complexity index is 339. The second-order valence-electron chi connectivity index (χ2n) is 3.33. The van der Waals surface area contributed by atoms with E-state index in [-0.39, 0.29) is 5.56 Å². The Morgan fingerprint density at radius 2 is 2.33 bits per heavy atom. The summed E-state index contributed by atoms with van der Waals surface area (Å²) < 4.78 is 5.35. The Kier molecular flexibility index (Phi) is 4.05. The first-order valence-electron chi connectivity index (χ1n) is 4.56. The van der Waals surface area contributed by atoms with Crippen LogP contribution in [0.15, 0.2) is 18.5 Å². The summed E-state index contributed by atoms with van der Waals surface area (Å²) in [6, 6.07) is 1.55. The van der Waals surface area contributed by atoms with Crippen LogP contribution in [0.5, 0.6) is 5.75 Å². The molecule has 0 amide bonds. The summed E-state index contributed by atoms with van der Waals surface area (Å²) in [5.41, 5.74) is 0.0938. The Morgan fingerprint density at radius 3 is 2.93 bits per heavy atom. The van der Waals surface area contributed by atoms with E-state index in [4.69, 9.17) is 9.84 Å². The Labute approximate surface area is 88.3 Å². The quantitative estimate of drug-likeness (QED) is 0.775. The highest BCUT2D eigenvalue weighted by Gasteiger charge is 2.10. The minimum Gasteiger partial charge on any atom is -0.491 e. The second kappa shape index (κ2) is 5.31. The standard InChI is InChI=1S/C10H14N2O3/c1-12(2)5-6-15-9-3-4-11-7-8(9)10(13)14/h3-4,7H,5-6H2,1-2H3,(H,13,14). The predicted molar refractivity (Wildman–Crippen MR) is 55.2 cm³/mol. The van der Waals surface area contributed by atoms with Gasteiger partial charge in [0.25, 0.3) is 0 Å². The van der Waals surface area contributed by atoms with E-state index in [1.807, 2.05) is 19.0 Å². The number of likely N-dealkylation sites (N-methyl/N-ethyl adjacent to an activating group) is 1. The molecule has 0 spiro atoms. The summed E-state index contributed by atoms with van der Waals surface area (Å²) in [5, 5.41) is 8.84. The lowest BCUT2D eigenvalue weighted by Crippen LogP contribution is -2.20. The van der Waals surface area contributed by atoms with Crippen molar-refractivity contribution in [1.29, 1.82) is 0 Å². The molecule has 1 N–H and O–H groups in total. The number of ether oxygens (including phenoxy) is 1. The maximum Gasteiger partial charge on any atom is 0.341 e. The minimum atomic E-state index is -1.03. The maximum absolute atomic E-state index is 10.8. The van der Waals surface area contributed by atoms with Gasteiger partial charge in [0.1, 0.15) is 17.9 Å². The molecular formula is C10H14N2O3. The number of aromatic nitrogens is 1. The molecule has 0 fully saturated rings. The van der Waals surface area contributed by atoms with Gasteiger partial charge in [0.15, 0.2) is 0 Å². The van der Waals surface area contributed by atoms with Gasteiger partial charge in [0.2, 0.25) is 0 Å². The molecule has 0 atom stereocenters. The molecular weight excluding hydrogens is 196 g/mol. The molecule has 0 bridgehead atoms. The van der Waals surface area contributed by atoms with Crippen LogP contribution >= 0.6 is 0 Å². The first kappa shape index (κ1) is 11.5. The molecule has 5 nitrogen and oxygen atoms in total. The van der Waals surface area contributed by atoms with Gasteiger partial charge in [-0.15, -0.1) is 0 Å². The van der Waals surface area contributed by atoms with Gasteiger partial charge in [0.05, 0.1) is 0 Å². The number of carbonyl (C=O) groups is 1. The zero-order valence-electron chi connectivity index (χ0n) is 8.80. The molecule has 0 unspecified atom stereocenters. The Balaban J connectivity index is 2.63. The van der Waals surface area contributed by atoms with Crippen molar-refractivity contribution < 1.29 is 14.6 Å². The SMILES string of the molecule is CN(C)CCOc1ccncc1C(=O)O. The molecule has 0 saturated heterocycles. The van der Waals surface area contributed by atoms with Gasteiger partial charge in [-0.05, 0) is 20.2 Å². The molecule has 15 heavy (non-hydrogen) atoms. The lowest BCUT2D eigenvalue weighted by molar-refractivity contribution is 0.0691. The minimum absolute atomic E-state index is 0.0938. The molecule has 1 aromatic rings. The van der Waals surface area contributed by atoms with E-state index in [1.54, 1.807) is 6.07 Å². The topological polar surface area (TPSA) is 62.7 Å². The molecule has 0 aliphatic carbocycles. The van der Waals surface area contributed by atoms with E-state index >= 15 is 0 Å². The lowest BCUT2D eigenvalue weighted by Gasteiger charge is -2.11. The van der Waals surface area contributed by atoms with Gasteiger partial charge < -0.3 is 14.7 Å². The fourth-order valence-electron chi connectivity index (χ4n) is 1.01. The van der Waals surface area contributed by atoms with Crippen molar-refractivity contribution in [2.24, 2.45) is 0 Å². The molecule has 1 heterocycles. The van der Waals surface area contributed by atoms with E-state index < -0.39 is 5.97 Å². The highest BCUT2D eigenvalue weighted by Crippen LogP contribution is 2.15. The van der Waals surface area contributed by atoms with E-state index in [1.165, 1.54) is 12.4 Å². The molecule has 1 aromatic heterocycles. The van der Waals surface area contributed by atoms with E-state index in [9.17, 15) is 4.79 Å². The zero-order chi connectivity index (χ0) is 11.3. The van der Waals surface area contributed by atoms with Crippen LogP contribution < -0.4 is 4.74 Å². The van der Waals surface area contributed by atoms with Crippen molar-refractivity contribution in [1.82, 2.24) is 9.88 Å². The van der Waals surface area contributed by atoms with Gasteiger partial charge >= 0.3 is 5.97 Å². The van der Waals surface area contributed by atoms with E-state index in [2.05, 4.69) is 4.98 Å². The third kappa shape index (κ3) is 3.55. The Morgan fingerprint density at radius 1 is 1.60 bits per heavy atom. The van der Waals surface area contributed by atoms with Crippen LogP contribution in [0.25, 0.3) is 0 Å². The van der Waals surface area contributed by atoms with Crippen LogP contribution in [0.4, 0.5) is 0 Å². The average Bonchev–Trinajstić information content (AvgIpc) is 2.17. The fraction of sp³-hybridized carbons (Fsp3) is 0.400. The molecule has 0 radical (unpaired) electrons. The van der Waals surface area contributed by atoms with Crippen LogP contribution in [0.1, 0.15) is 10.4 Å². The van der Waals surface area contributed by atoms with Crippen LogP contribution in [0.3, 0.4) is 0 Å². The van der Waals surface area contributed by atoms with E-state index in [0.29, 0.717) is 12.4 Å². The van der Waals surface area contributed by atoms with Crippen molar-refractivity contribution in [2.75, 3.05) is 27.2 Å². The number of carboxylic acid groups (broad SMARTS) is 1. The number of aromatic carboxylic acids is 1. The van der Waals surface area contributed by atoms with Gasteiger partial charge in [0, 0.05) is 18.9 Å². The molecule has 0 saturated carbocycles. The van der Waals surface area contributed by atoms with Crippen molar-refractivity contribution >= 4 is 5.97 Å². The third-order valence-electron chi connectivity index (χ3n) is 1.81. The van der Waals surface area contributed by atoms with Gasteiger partial charge in [-0.1, -0.05) is 0 Å². The lowest BCUT2D eigenvalue weighted by atomic mass is 10.2. The molecule has 0 aromatic carbocycles. The molecule has 0 aliphatic heterocycles. The summed E-state index contributed by atoms with van der Waals surface area (Å²) in [6.07, 6.45) is 2.80. The van der Waals surface area contributed by atoms with E-state index in [0.717, 1.165) is 6.54 Å².